The molecule has 0 aliphatic heterocycles. The van der Waals surface area contributed by atoms with Crippen LogP contribution in [0.25, 0.3) is 0 Å². The van der Waals surface area contributed by atoms with E-state index in [0.717, 1.165) is 43.2 Å². The van der Waals surface area contributed by atoms with Crippen LogP contribution in [0.1, 0.15) is 77.8 Å². The van der Waals surface area contributed by atoms with Crippen molar-refractivity contribution in [3.63, 3.8) is 0 Å². The van der Waals surface area contributed by atoms with E-state index >= 15 is 0 Å². The molecule has 2 radical (unpaired) electrons. The van der Waals surface area contributed by atoms with Crippen LogP contribution in [-0.4, -0.2) is 11.9 Å². The summed E-state index contributed by atoms with van der Waals surface area (Å²) in [7, 11) is 0. The molecule has 0 aromatic heterocycles. The molecule has 0 saturated carbocycles. The first-order valence-corrected chi connectivity index (χ1v) is 10.7. The number of rotatable bonds is 13. The van der Waals surface area contributed by atoms with Gasteiger partial charge in [0.1, 0.15) is 0 Å². The van der Waals surface area contributed by atoms with Crippen molar-refractivity contribution < 1.29 is 29.1 Å². The Kier molecular flexibility index (Phi) is 10.8. The summed E-state index contributed by atoms with van der Waals surface area (Å²) in [5.74, 6) is -1.33. The highest BCUT2D eigenvalue weighted by Crippen LogP contribution is 2.19. The van der Waals surface area contributed by atoms with Crippen molar-refractivity contribution in [2.45, 2.75) is 58.8 Å². The van der Waals surface area contributed by atoms with Crippen molar-refractivity contribution in [3.8, 4) is 0 Å². The molecule has 0 unspecified atom stereocenters. The normalized spacial score (nSPS) is 10.8. The Morgan fingerprint density at radius 1 is 0.677 bits per heavy atom. The quantitative estimate of drug-likeness (QED) is 0.223. The van der Waals surface area contributed by atoms with Crippen LogP contribution in [0.5, 0.6) is 0 Å². The summed E-state index contributed by atoms with van der Waals surface area (Å²) >= 11 is 0. The molecule has 0 fully saturated rings. The Morgan fingerprint density at radius 3 is 1.52 bits per heavy atom. The largest absolute Gasteiger partial charge is 0.373 e. The van der Waals surface area contributed by atoms with Crippen molar-refractivity contribution in [2.75, 3.05) is 0 Å². The molecule has 0 bridgehead atoms. The molecule has 0 aliphatic rings. The number of hydrogen-bond donors (Lipinski definition) is 0. The van der Waals surface area contributed by atoms with E-state index in [-0.39, 0.29) is 6.29 Å². The minimum atomic E-state index is -0.664. The van der Waals surface area contributed by atoms with E-state index in [0.29, 0.717) is 24.0 Å². The molecule has 0 spiro atoms. The average molecular weight is 427 g/mol. The molecule has 0 atom stereocenters. The van der Waals surface area contributed by atoms with Crippen molar-refractivity contribution >= 4 is 11.9 Å². The zero-order chi connectivity index (χ0) is 22.5. The number of unbranched alkanes of at least 4 members (excludes halogenated alkanes) is 3. The molecule has 0 heterocycles. The molecular formula is C25H30O6. The van der Waals surface area contributed by atoms with E-state index in [1.807, 2.05) is 38.1 Å². The lowest BCUT2D eigenvalue weighted by Gasteiger charge is -2.13. The van der Waals surface area contributed by atoms with Gasteiger partial charge in [0.2, 0.25) is 0 Å². The van der Waals surface area contributed by atoms with Crippen molar-refractivity contribution in [3.05, 3.63) is 84.0 Å². The van der Waals surface area contributed by atoms with Crippen molar-refractivity contribution in [2.24, 2.45) is 0 Å². The van der Waals surface area contributed by atoms with Crippen LogP contribution < -0.4 is 0 Å². The fourth-order valence-electron chi connectivity index (χ4n) is 2.74. The van der Waals surface area contributed by atoms with Gasteiger partial charge in [-0.1, -0.05) is 64.3 Å². The lowest BCUT2D eigenvalue weighted by Crippen LogP contribution is -2.16. The number of benzene rings is 2. The first-order valence-electron chi connectivity index (χ1n) is 10.7. The van der Waals surface area contributed by atoms with Gasteiger partial charge >= 0.3 is 18.2 Å². The second-order valence-corrected chi connectivity index (χ2v) is 7.05. The van der Waals surface area contributed by atoms with Gasteiger partial charge in [-0.05, 0) is 54.7 Å². The summed E-state index contributed by atoms with van der Waals surface area (Å²) in [6.07, 6.45) is 5.32. The zero-order valence-corrected chi connectivity index (χ0v) is 18.2. The van der Waals surface area contributed by atoms with Gasteiger partial charge < -0.3 is 0 Å². The maximum Gasteiger partial charge on any atom is 0.373 e. The van der Waals surface area contributed by atoms with Gasteiger partial charge in [-0.2, -0.15) is 0 Å². The van der Waals surface area contributed by atoms with E-state index in [4.69, 9.17) is 19.6 Å². The highest BCUT2D eigenvalue weighted by Gasteiger charge is 2.21. The summed E-state index contributed by atoms with van der Waals surface area (Å²) in [5.41, 5.74) is 2.91. The molecular weight excluding hydrogens is 396 g/mol. The second-order valence-electron chi connectivity index (χ2n) is 7.05. The van der Waals surface area contributed by atoms with Gasteiger partial charge in [-0.15, -0.1) is 9.78 Å². The van der Waals surface area contributed by atoms with Gasteiger partial charge in [0, 0.05) is 6.42 Å². The highest BCUT2D eigenvalue weighted by atomic mass is 17.3. The lowest BCUT2D eigenvalue weighted by molar-refractivity contribution is -0.363. The molecule has 2 aromatic rings. The molecule has 2 aromatic carbocycles. The lowest BCUT2D eigenvalue weighted by atomic mass is 10.1. The summed E-state index contributed by atoms with van der Waals surface area (Å²) in [4.78, 5) is 44.3. The predicted octanol–water partition coefficient (Wildman–Crippen LogP) is 5.96. The Labute approximate surface area is 184 Å². The van der Waals surface area contributed by atoms with Crippen LogP contribution in [0.15, 0.2) is 48.5 Å². The molecule has 31 heavy (non-hydrogen) atoms. The minimum absolute atomic E-state index is 0.0962. The van der Waals surface area contributed by atoms with E-state index < -0.39 is 11.9 Å². The zero-order valence-electron chi connectivity index (χ0n) is 18.2. The highest BCUT2D eigenvalue weighted by molar-refractivity contribution is 5.89. The number of carbonyl (C=O) groups excluding carboxylic acids is 2. The molecule has 2 rings (SSSR count). The van der Waals surface area contributed by atoms with Crippen LogP contribution in [0.4, 0.5) is 0 Å². The van der Waals surface area contributed by atoms with Crippen LogP contribution >= 0.6 is 0 Å². The average Bonchev–Trinajstić information content (AvgIpc) is 2.82. The summed E-state index contributed by atoms with van der Waals surface area (Å²) in [5, 5.41) is 0. The predicted molar refractivity (Wildman–Crippen MR) is 116 cm³/mol. The van der Waals surface area contributed by atoms with E-state index in [1.165, 1.54) is 0 Å². The standard InChI is InChI=1S/C25H30O6/c1-4-7-8-9-10-23(28-30-24(26)21-15-11-19(5-2)12-16-21)29-31-25(27)22-17-13-20(6-3)14-18-22/h11-18H,1,4-10H2,2-3H3. The van der Waals surface area contributed by atoms with E-state index in [1.54, 1.807) is 24.3 Å². The van der Waals surface area contributed by atoms with Crippen LogP contribution in [-0.2, 0) is 32.4 Å². The molecule has 0 N–H and O–H groups in total. The number of hydrogen-bond acceptors (Lipinski definition) is 6. The Balaban J connectivity index is 1.90. The molecule has 0 amide bonds. The monoisotopic (exact) mass is 426 g/mol. The molecule has 6 heteroatoms. The smallest absolute Gasteiger partial charge is 0.289 e. The summed E-state index contributed by atoms with van der Waals surface area (Å²) in [6, 6.07) is 14.1. The van der Waals surface area contributed by atoms with Gasteiger partial charge in [0.05, 0.1) is 11.1 Å². The maximum absolute atomic E-state index is 12.2. The molecule has 166 valence electrons. The Bertz CT molecular complexity index is 734. The Morgan fingerprint density at radius 2 is 1.13 bits per heavy atom. The fraction of sp³-hybridized carbons (Fsp3) is 0.360. The van der Waals surface area contributed by atoms with Gasteiger partial charge in [-0.3, -0.25) is 9.78 Å². The summed E-state index contributed by atoms with van der Waals surface area (Å²) < 4.78 is 0. The molecule has 0 aliphatic carbocycles. The van der Waals surface area contributed by atoms with Crippen LogP contribution in [0, 0.1) is 13.2 Å². The SMILES string of the molecule is [CH2]CCCCC[C](OOC(=O)c1ccc(CC)cc1)OOC(=O)c1ccc(CC)cc1. The second kappa shape index (κ2) is 13.6. The van der Waals surface area contributed by atoms with E-state index in [9.17, 15) is 9.59 Å². The topological polar surface area (TPSA) is 71.1 Å². The van der Waals surface area contributed by atoms with Crippen LogP contribution in [0.2, 0.25) is 0 Å². The van der Waals surface area contributed by atoms with E-state index in [2.05, 4.69) is 6.92 Å². The van der Waals surface area contributed by atoms with Gasteiger partial charge in [0.25, 0.3) is 0 Å². The fourth-order valence-corrected chi connectivity index (χ4v) is 2.74. The number of aryl methyl sites for hydroxylation is 2. The number of carbonyl (C=O) groups is 2. The molecule has 0 saturated heterocycles. The van der Waals surface area contributed by atoms with Crippen molar-refractivity contribution in [1.82, 2.24) is 0 Å². The maximum atomic E-state index is 12.2. The third-order valence-corrected chi connectivity index (χ3v) is 4.75. The Hall–Kier alpha value is -2.70. The minimum Gasteiger partial charge on any atom is -0.289 e. The summed E-state index contributed by atoms with van der Waals surface area (Å²) in [6.45, 7) is 7.87. The first kappa shape index (κ1) is 24.6. The van der Waals surface area contributed by atoms with Gasteiger partial charge in [-0.25, -0.2) is 9.59 Å². The van der Waals surface area contributed by atoms with Gasteiger partial charge in [0.15, 0.2) is 0 Å². The third-order valence-electron chi connectivity index (χ3n) is 4.75. The first-order chi connectivity index (χ1) is 15.1. The molecule has 6 nitrogen and oxygen atoms in total. The third kappa shape index (κ3) is 8.52. The van der Waals surface area contributed by atoms with Crippen LogP contribution in [0.3, 0.4) is 0 Å². The van der Waals surface area contributed by atoms with Crippen molar-refractivity contribution in [1.29, 1.82) is 0 Å².